The first-order valence-electron chi connectivity index (χ1n) is 6.40. The van der Waals surface area contributed by atoms with E-state index in [1.54, 1.807) is 26.5 Å². The smallest absolute Gasteiger partial charge is 0.263 e. The van der Waals surface area contributed by atoms with Crippen LogP contribution >= 0.6 is 0 Å². The molecule has 8 nitrogen and oxygen atoms in total. The molecule has 0 aliphatic rings. The highest BCUT2D eigenvalue weighted by atomic mass is 16.5. The molecule has 0 unspecified atom stereocenters. The van der Waals surface area contributed by atoms with Crippen molar-refractivity contribution in [2.75, 3.05) is 25.5 Å². The van der Waals surface area contributed by atoms with Crippen LogP contribution in [0.1, 0.15) is 18.3 Å². The predicted octanol–water partition coefficient (Wildman–Crippen LogP) is 1.02. The molecule has 2 aromatic rings. The summed E-state index contributed by atoms with van der Waals surface area (Å²) in [6.45, 7) is 1.95. The minimum atomic E-state index is 0.371. The van der Waals surface area contributed by atoms with E-state index in [4.69, 9.17) is 15.3 Å². The Hall–Kier alpha value is -2.77. The Labute approximate surface area is 122 Å². The van der Waals surface area contributed by atoms with Gasteiger partial charge < -0.3 is 15.3 Å². The molecule has 0 spiro atoms. The normalized spacial score (nSPS) is 10.8. The van der Waals surface area contributed by atoms with Gasteiger partial charge in [-0.15, -0.1) is 10.2 Å². The van der Waals surface area contributed by atoms with Crippen LogP contribution in [0, 0.1) is 0 Å². The molecular weight excluding hydrogens is 272 g/mol. The molecule has 0 bridgehead atoms. The average molecular weight is 290 g/mol. The fourth-order valence-electron chi connectivity index (χ4n) is 1.73. The maximum Gasteiger partial charge on any atom is 0.263 e. The number of aryl methyl sites for hydroxylation is 1. The maximum atomic E-state index is 5.80. The molecule has 0 radical (unpaired) electrons. The minimum Gasteiger partial charge on any atom is -0.497 e. The molecule has 8 heteroatoms. The van der Waals surface area contributed by atoms with E-state index >= 15 is 0 Å². The minimum absolute atomic E-state index is 0.371. The third-order valence-electron chi connectivity index (χ3n) is 2.89. The zero-order valence-corrected chi connectivity index (χ0v) is 12.2. The number of methoxy groups -OCH3 is 2. The molecule has 1 aromatic heterocycles. The lowest BCUT2D eigenvalue weighted by molar-refractivity contribution is 0.394. The van der Waals surface area contributed by atoms with Gasteiger partial charge in [-0.2, -0.15) is 5.10 Å². The van der Waals surface area contributed by atoms with Crippen molar-refractivity contribution in [2.24, 2.45) is 5.10 Å². The molecule has 0 aliphatic heterocycles. The van der Waals surface area contributed by atoms with E-state index in [1.807, 2.05) is 19.1 Å². The predicted molar refractivity (Wildman–Crippen MR) is 80.3 cm³/mol. The zero-order chi connectivity index (χ0) is 15.2. The zero-order valence-electron chi connectivity index (χ0n) is 12.2. The summed E-state index contributed by atoms with van der Waals surface area (Å²) in [6, 6.07) is 5.44. The van der Waals surface area contributed by atoms with Gasteiger partial charge in [0, 0.05) is 18.1 Å². The second-order valence-corrected chi connectivity index (χ2v) is 4.14. The molecule has 0 aliphatic carbocycles. The van der Waals surface area contributed by atoms with Crippen molar-refractivity contribution >= 4 is 12.2 Å². The van der Waals surface area contributed by atoms with Gasteiger partial charge in [0.2, 0.25) is 0 Å². The number of hydrogen-bond donors (Lipinski definition) is 2. The molecule has 3 N–H and O–H groups in total. The van der Waals surface area contributed by atoms with E-state index in [1.165, 1.54) is 4.68 Å². The van der Waals surface area contributed by atoms with Crippen LogP contribution in [-0.2, 0) is 6.42 Å². The maximum absolute atomic E-state index is 5.80. The third-order valence-corrected chi connectivity index (χ3v) is 2.89. The summed E-state index contributed by atoms with van der Waals surface area (Å²) in [5.41, 5.74) is 3.54. The van der Waals surface area contributed by atoms with Gasteiger partial charge in [0.15, 0.2) is 5.82 Å². The van der Waals surface area contributed by atoms with Crippen molar-refractivity contribution in [1.29, 1.82) is 0 Å². The van der Waals surface area contributed by atoms with Gasteiger partial charge in [-0.05, 0) is 12.1 Å². The van der Waals surface area contributed by atoms with Crippen molar-refractivity contribution in [1.82, 2.24) is 14.9 Å². The molecule has 0 amide bonds. The molecule has 0 atom stereocenters. The lowest BCUT2D eigenvalue weighted by Gasteiger charge is -2.07. The van der Waals surface area contributed by atoms with E-state index in [0.717, 1.165) is 5.56 Å². The number of nitrogens with zero attached hydrogens (tertiary/aromatic N) is 4. The van der Waals surface area contributed by atoms with E-state index in [-0.39, 0.29) is 0 Å². The monoisotopic (exact) mass is 290 g/mol. The summed E-state index contributed by atoms with van der Waals surface area (Å²) in [6.07, 6.45) is 2.31. The van der Waals surface area contributed by atoms with Crippen molar-refractivity contribution in [3.63, 3.8) is 0 Å². The first-order chi connectivity index (χ1) is 10.2. The largest absolute Gasteiger partial charge is 0.497 e. The van der Waals surface area contributed by atoms with Crippen LogP contribution in [0.15, 0.2) is 23.3 Å². The van der Waals surface area contributed by atoms with Crippen molar-refractivity contribution < 1.29 is 9.47 Å². The van der Waals surface area contributed by atoms with E-state index in [0.29, 0.717) is 29.7 Å². The lowest BCUT2D eigenvalue weighted by atomic mass is 10.2. The van der Waals surface area contributed by atoms with Crippen molar-refractivity contribution in [3.05, 3.63) is 29.6 Å². The number of nitrogens with two attached hydrogens (primary N) is 1. The third kappa shape index (κ3) is 3.22. The molecule has 21 heavy (non-hydrogen) atoms. The molecule has 1 heterocycles. The van der Waals surface area contributed by atoms with Gasteiger partial charge in [0.1, 0.15) is 11.5 Å². The van der Waals surface area contributed by atoms with Gasteiger partial charge in [-0.3, -0.25) is 0 Å². The Kier molecular flexibility index (Phi) is 4.60. The Morgan fingerprint density at radius 2 is 2.14 bits per heavy atom. The summed E-state index contributed by atoms with van der Waals surface area (Å²) in [7, 11) is 3.19. The van der Waals surface area contributed by atoms with Crippen LogP contribution in [-0.4, -0.2) is 35.3 Å². The number of ether oxygens (including phenoxy) is 2. The van der Waals surface area contributed by atoms with Crippen LogP contribution in [0.2, 0.25) is 0 Å². The Morgan fingerprint density at radius 3 is 2.76 bits per heavy atom. The average Bonchev–Trinajstić information content (AvgIpc) is 2.88. The highest BCUT2D eigenvalue weighted by molar-refractivity contribution is 5.84. The molecule has 0 fully saturated rings. The highest BCUT2D eigenvalue weighted by Crippen LogP contribution is 2.23. The number of hydrogen-bond acceptors (Lipinski definition) is 7. The van der Waals surface area contributed by atoms with Gasteiger partial charge in [-0.25, -0.2) is 10.1 Å². The first-order valence-corrected chi connectivity index (χ1v) is 6.40. The Bertz CT molecular complexity index is 638. The summed E-state index contributed by atoms with van der Waals surface area (Å²) in [5, 5.41) is 11.9. The SMILES string of the molecule is CCc1nnc(N/N=C/c2ccc(OC)cc2OC)n1N. The molecular formula is C13H18N6O2. The van der Waals surface area contributed by atoms with E-state index < -0.39 is 0 Å². The summed E-state index contributed by atoms with van der Waals surface area (Å²) in [5.74, 6) is 8.22. The Morgan fingerprint density at radius 1 is 1.33 bits per heavy atom. The number of rotatable bonds is 6. The van der Waals surface area contributed by atoms with E-state index in [9.17, 15) is 0 Å². The van der Waals surface area contributed by atoms with Crippen LogP contribution in [0.5, 0.6) is 11.5 Å². The lowest BCUT2D eigenvalue weighted by Crippen LogP contribution is -2.14. The fraction of sp³-hybridized carbons (Fsp3) is 0.308. The molecule has 0 saturated carbocycles. The van der Waals surface area contributed by atoms with Gasteiger partial charge in [0.05, 0.1) is 20.4 Å². The second-order valence-electron chi connectivity index (χ2n) is 4.14. The number of benzene rings is 1. The highest BCUT2D eigenvalue weighted by Gasteiger charge is 2.06. The van der Waals surface area contributed by atoms with Crippen LogP contribution < -0.4 is 20.7 Å². The number of aromatic nitrogens is 3. The first kappa shape index (κ1) is 14.6. The van der Waals surface area contributed by atoms with Gasteiger partial charge in [0.25, 0.3) is 5.95 Å². The van der Waals surface area contributed by atoms with Crippen LogP contribution in [0.25, 0.3) is 0 Å². The quantitative estimate of drug-likeness (QED) is 0.468. The molecule has 0 saturated heterocycles. The van der Waals surface area contributed by atoms with Crippen LogP contribution in [0.4, 0.5) is 5.95 Å². The van der Waals surface area contributed by atoms with Gasteiger partial charge in [-0.1, -0.05) is 6.92 Å². The van der Waals surface area contributed by atoms with Crippen LogP contribution in [0.3, 0.4) is 0 Å². The Balaban J connectivity index is 2.12. The number of hydrazone groups is 1. The molecule has 1 aromatic carbocycles. The number of anilines is 1. The standard InChI is InChI=1S/C13H18N6O2/c1-4-12-16-18-13(19(12)14)17-15-8-9-5-6-10(20-2)7-11(9)21-3/h5-8H,4,14H2,1-3H3,(H,17,18)/b15-8+. The number of nitrogen functional groups attached to an aromatic ring is 1. The van der Waals surface area contributed by atoms with Crippen molar-refractivity contribution in [2.45, 2.75) is 13.3 Å². The summed E-state index contributed by atoms with van der Waals surface area (Å²) < 4.78 is 11.8. The summed E-state index contributed by atoms with van der Waals surface area (Å²) in [4.78, 5) is 0. The summed E-state index contributed by atoms with van der Waals surface area (Å²) >= 11 is 0. The number of nitrogens with one attached hydrogen (secondary N) is 1. The fourth-order valence-corrected chi connectivity index (χ4v) is 1.73. The van der Waals surface area contributed by atoms with E-state index in [2.05, 4.69) is 20.7 Å². The van der Waals surface area contributed by atoms with Crippen molar-refractivity contribution in [3.8, 4) is 11.5 Å². The topological polar surface area (TPSA) is 99.6 Å². The second kappa shape index (κ2) is 6.60. The molecule has 112 valence electrons. The molecule has 2 rings (SSSR count). The van der Waals surface area contributed by atoms with Gasteiger partial charge >= 0.3 is 0 Å².